The fourth-order valence-corrected chi connectivity index (χ4v) is 4.18. The fraction of sp³-hybridized carbons (Fsp3) is 0.450. The lowest BCUT2D eigenvalue weighted by Crippen LogP contribution is -2.43. The molecule has 1 atom stereocenters. The molecule has 0 bridgehead atoms. The quantitative estimate of drug-likeness (QED) is 0.771. The molecule has 1 aromatic carbocycles. The number of ether oxygens (including phenoxy) is 1. The average Bonchev–Trinajstić information content (AvgIpc) is 3.16. The van der Waals surface area contributed by atoms with Crippen LogP contribution in [0.15, 0.2) is 30.3 Å². The highest BCUT2D eigenvalue weighted by Gasteiger charge is 2.39. The Morgan fingerprint density at radius 3 is 2.61 bits per heavy atom. The molecular formula is C20H25N5O2S. The summed E-state index contributed by atoms with van der Waals surface area (Å²) in [5.41, 5.74) is 3.68. The van der Waals surface area contributed by atoms with E-state index in [4.69, 9.17) is 17.0 Å². The monoisotopic (exact) mass is 399 g/mol. The SMILES string of the molecule is Cc1nn(-c2ccccc2)c(C)c1[C@H]1NC(=S)N(CCN2CCOCC2)C1=O. The summed E-state index contributed by atoms with van der Waals surface area (Å²) in [7, 11) is 0. The normalized spacial score (nSPS) is 20.6. The topological polar surface area (TPSA) is 62.6 Å². The van der Waals surface area contributed by atoms with Gasteiger partial charge >= 0.3 is 0 Å². The van der Waals surface area contributed by atoms with Crippen LogP contribution in [0.25, 0.3) is 5.69 Å². The number of aromatic nitrogens is 2. The maximum absolute atomic E-state index is 13.1. The molecule has 0 unspecified atom stereocenters. The van der Waals surface area contributed by atoms with Crippen molar-refractivity contribution in [1.82, 2.24) is 24.9 Å². The third-order valence-corrected chi connectivity index (χ3v) is 5.74. The molecule has 2 saturated heterocycles. The van der Waals surface area contributed by atoms with Gasteiger partial charge < -0.3 is 10.1 Å². The van der Waals surface area contributed by atoms with Crippen LogP contribution in [-0.2, 0) is 9.53 Å². The van der Waals surface area contributed by atoms with Crippen molar-refractivity contribution in [3.63, 3.8) is 0 Å². The Labute approximate surface area is 170 Å². The molecule has 3 heterocycles. The Balaban J connectivity index is 1.53. The van der Waals surface area contributed by atoms with E-state index in [1.165, 1.54) is 0 Å². The first-order valence-corrected chi connectivity index (χ1v) is 10.0. The van der Waals surface area contributed by atoms with Gasteiger partial charge in [0, 0.05) is 37.4 Å². The highest BCUT2D eigenvalue weighted by Crippen LogP contribution is 2.29. The van der Waals surface area contributed by atoms with Crippen LogP contribution in [0.1, 0.15) is 23.0 Å². The predicted octanol–water partition coefficient (Wildman–Crippen LogP) is 1.58. The van der Waals surface area contributed by atoms with Crippen LogP contribution in [0.2, 0.25) is 0 Å². The number of nitrogens with zero attached hydrogens (tertiary/aromatic N) is 4. The van der Waals surface area contributed by atoms with Gasteiger partial charge in [0.25, 0.3) is 5.91 Å². The lowest BCUT2D eigenvalue weighted by atomic mass is 10.0. The molecule has 148 valence electrons. The molecular weight excluding hydrogens is 374 g/mol. The number of thiocarbonyl (C=S) groups is 1. The van der Waals surface area contributed by atoms with Crippen molar-refractivity contribution in [3.05, 3.63) is 47.3 Å². The number of morpholine rings is 1. The van der Waals surface area contributed by atoms with Gasteiger partial charge in [-0.1, -0.05) is 18.2 Å². The molecule has 0 radical (unpaired) electrons. The summed E-state index contributed by atoms with van der Waals surface area (Å²) in [5.74, 6) is -0.00271. The molecule has 1 amide bonds. The van der Waals surface area contributed by atoms with Crippen molar-refractivity contribution in [3.8, 4) is 5.69 Å². The molecule has 1 aromatic heterocycles. The number of hydrogen-bond acceptors (Lipinski definition) is 5. The molecule has 2 aromatic rings. The van der Waals surface area contributed by atoms with Crippen LogP contribution in [0.3, 0.4) is 0 Å². The molecule has 0 saturated carbocycles. The van der Waals surface area contributed by atoms with E-state index in [1.807, 2.05) is 48.9 Å². The minimum absolute atomic E-state index is 0.00271. The Bertz CT molecular complexity index is 876. The maximum Gasteiger partial charge on any atom is 0.256 e. The third kappa shape index (κ3) is 3.55. The number of para-hydroxylation sites is 1. The third-order valence-electron chi connectivity index (χ3n) is 5.41. The Kier molecular flexibility index (Phi) is 5.43. The van der Waals surface area contributed by atoms with Gasteiger partial charge in [0.05, 0.1) is 24.6 Å². The summed E-state index contributed by atoms with van der Waals surface area (Å²) in [5, 5.41) is 8.38. The van der Waals surface area contributed by atoms with Gasteiger partial charge in [0.1, 0.15) is 6.04 Å². The number of benzene rings is 1. The molecule has 2 fully saturated rings. The van der Waals surface area contributed by atoms with Crippen molar-refractivity contribution in [1.29, 1.82) is 0 Å². The van der Waals surface area contributed by atoms with Gasteiger partial charge in [-0.05, 0) is 38.2 Å². The number of hydrogen-bond donors (Lipinski definition) is 1. The van der Waals surface area contributed by atoms with Crippen LogP contribution >= 0.6 is 12.2 Å². The molecule has 28 heavy (non-hydrogen) atoms. The van der Waals surface area contributed by atoms with Crippen molar-refractivity contribution in [2.75, 3.05) is 39.4 Å². The minimum atomic E-state index is -0.477. The highest BCUT2D eigenvalue weighted by atomic mass is 32.1. The summed E-state index contributed by atoms with van der Waals surface area (Å²) in [6.07, 6.45) is 0. The van der Waals surface area contributed by atoms with Gasteiger partial charge in [-0.2, -0.15) is 5.10 Å². The van der Waals surface area contributed by atoms with Gasteiger partial charge in [0.15, 0.2) is 5.11 Å². The van der Waals surface area contributed by atoms with E-state index < -0.39 is 6.04 Å². The minimum Gasteiger partial charge on any atom is -0.379 e. The van der Waals surface area contributed by atoms with E-state index >= 15 is 0 Å². The Morgan fingerprint density at radius 2 is 1.89 bits per heavy atom. The predicted molar refractivity (Wildman–Crippen MR) is 110 cm³/mol. The number of aryl methyl sites for hydroxylation is 1. The summed E-state index contributed by atoms with van der Waals surface area (Å²) in [6, 6.07) is 9.47. The second kappa shape index (κ2) is 7.98. The van der Waals surface area contributed by atoms with Crippen LogP contribution in [0, 0.1) is 13.8 Å². The summed E-state index contributed by atoms with van der Waals surface area (Å²) >= 11 is 5.47. The smallest absolute Gasteiger partial charge is 0.256 e. The van der Waals surface area contributed by atoms with Gasteiger partial charge in [0.2, 0.25) is 0 Å². The van der Waals surface area contributed by atoms with Gasteiger partial charge in [-0.3, -0.25) is 14.6 Å². The van der Waals surface area contributed by atoms with Crippen LogP contribution in [0.5, 0.6) is 0 Å². The molecule has 0 aliphatic carbocycles. The largest absolute Gasteiger partial charge is 0.379 e. The lowest BCUT2D eigenvalue weighted by molar-refractivity contribution is -0.127. The first-order chi connectivity index (χ1) is 13.6. The average molecular weight is 400 g/mol. The van der Waals surface area contributed by atoms with Crippen LogP contribution in [-0.4, -0.2) is 70.0 Å². The number of nitrogens with one attached hydrogen (secondary N) is 1. The first-order valence-electron chi connectivity index (χ1n) is 9.60. The maximum atomic E-state index is 13.1. The zero-order valence-corrected chi connectivity index (χ0v) is 17.0. The standard InChI is InChI=1S/C20H25N5O2S/c1-14-17(15(2)25(22-14)16-6-4-3-5-7-16)18-19(26)24(20(28)21-18)9-8-23-10-12-27-13-11-23/h3-7,18H,8-13H2,1-2H3,(H,21,28)/t18-/m1/s1. The van der Waals surface area contributed by atoms with Crippen LogP contribution in [0.4, 0.5) is 0 Å². The number of rotatable bonds is 5. The molecule has 7 nitrogen and oxygen atoms in total. The van der Waals surface area contributed by atoms with E-state index in [0.717, 1.165) is 55.5 Å². The Hall–Kier alpha value is -2.29. The van der Waals surface area contributed by atoms with Crippen molar-refractivity contribution < 1.29 is 9.53 Å². The number of carbonyl (C=O) groups excluding carboxylic acids is 1. The van der Waals surface area contributed by atoms with Crippen molar-refractivity contribution in [2.45, 2.75) is 19.9 Å². The first kappa shape index (κ1) is 19.0. The molecule has 8 heteroatoms. The second-order valence-corrected chi connectivity index (χ2v) is 7.54. The lowest BCUT2D eigenvalue weighted by Gasteiger charge is -2.28. The number of amides is 1. The molecule has 2 aliphatic heterocycles. The molecule has 4 rings (SSSR count). The van der Waals surface area contributed by atoms with Crippen molar-refractivity contribution in [2.24, 2.45) is 0 Å². The highest BCUT2D eigenvalue weighted by molar-refractivity contribution is 7.80. The zero-order chi connectivity index (χ0) is 19.7. The van der Waals surface area contributed by atoms with E-state index in [0.29, 0.717) is 11.7 Å². The van der Waals surface area contributed by atoms with Crippen LogP contribution < -0.4 is 5.32 Å². The fourth-order valence-electron chi connectivity index (χ4n) is 3.89. The van der Waals surface area contributed by atoms with Gasteiger partial charge in [-0.25, -0.2) is 4.68 Å². The van der Waals surface area contributed by atoms with Crippen molar-refractivity contribution >= 4 is 23.2 Å². The molecule has 1 N–H and O–H groups in total. The van der Waals surface area contributed by atoms with E-state index in [2.05, 4.69) is 15.3 Å². The van der Waals surface area contributed by atoms with E-state index in [-0.39, 0.29) is 5.91 Å². The second-order valence-electron chi connectivity index (χ2n) is 7.16. The van der Waals surface area contributed by atoms with E-state index in [9.17, 15) is 4.79 Å². The van der Waals surface area contributed by atoms with E-state index in [1.54, 1.807) is 4.90 Å². The summed E-state index contributed by atoms with van der Waals surface area (Å²) in [4.78, 5) is 17.1. The molecule has 2 aliphatic rings. The Morgan fingerprint density at radius 1 is 1.18 bits per heavy atom. The summed E-state index contributed by atoms with van der Waals surface area (Å²) in [6.45, 7) is 8.61. The van der Waals surface area contributed by atoms with Gasteiger partial charge in [-0.15, -0.1) is 0 Å². The number of carbonyl (C=O) groups is 1. The zero-order valence-electron chi connectivity index (χ0n) is 16.2. The summed E-state index contributed by atoms with van der Waals surface area (Å²) < 4.78 is 7.27. The molecule has 0 spiro atoms.